The molecule has 3 N–H and O–H groups in total. The molecule has 0 aromatic carbocycles. The average Bonchev–Trinajstić information content (AvgIpc) is 2.20. The lowest BCUT2D eigenvalue weighted by molar-refractivity contribution is 0.0911. The molecule has 17 heavy (non-hydrogen) atoms. The van der Waals surface area contributed by atoms with Crippen LogP contribution < -0.4 is 10.5 Å². The molecule has 0 unspecified atom stereocenters. The number of nitrogens with two attached hydrogens (primary N) is 1. The predicted octanol–water partition coefficient (Wildman–Crippen LogP) is 0.601. The highest BCUT2D eigenvalue weighted by atomic mass is 32.2. The van der Waals surface area contributed by atoms with Crippen molar-refractivity contribution in [3.05, 3.63) is 0 Å². The smallest absolute Gasteiger partial charge is 0.214 e. The van der Waals surface area contributed by atoms with Crippen molar-refractivity contribution >= 4 is 10.0 Å². The minimum absolute atomic E-state index is 0.00833. The number of rotatable bonds is 6. The van der Waals surface area contributed by atoms with Crippen molar-refractivity contribution in [2.75, 3.05) is 12.4 Å². The highest BCUT2D eigenvalue weighted by Crippen LogP contribution is 2.17. The molecule has 0 aliphatic heterocycles. The van der Waals surface area contributed by atoms with E-state index in [9.17, 15) is 8.42 Å². The van der Waals surface area contributed by atoms with Crippen molar-refractivity contribution in [2.24, 2.45) is 5.73 Å². The van der Waals surface area contributed by atoms with Gasteiger partial charge in [0.2, 0.25) is 10.0 Å². The van der Waals surface area contributed by atoms with E-state index in [-0.39, 0.29) is 30.5 Å². The van der Waals surface area contributed by atoms with Crippen LogP contribution in [0.3, 0.4) is 0 Å². The molecule has 0 aromatic rings. The van der Waals surface area contributed by atoms with Gasteiger partial charge in [0.15, 0.2) is 0 Å². The summed E-state index contributed by atoms with van der Waals surface area (Å²) >= 11 is 0. The minimum Gasteiger partial charge on any atom is -0.378 e. The van der Waals surface area contributed by atoms with Crippen LogP contribution in [0.4, 0.5) is 0 Å². The summed E-state index contributed by atoms with van der Waals surface area (Å²) in [6, 6.07) is -0.155. The van der Waals surface area contributed by atoms with E-state index in [1.807, 2.05) is 13.8 Å². The summed E-state index contributed by atoms with van der Waals surface area (Å²) < 4.78 is 31.5. The van der Waals surface area contributed by atoms with Crippen LogP contribution in [0.15, 0.2) is 0 Å². The molecule has 1 saturated carbocycles. The van der Waals surface area contributed by atoms with Crippen molar-refractivity contribution in [1.29, 1.82) is 0 Å². The first-order chi connectivity index (χ1) is 7.91. The van der Waals surface area contributed by atoms with Gasteiger partial charge in [0.05, 0.1) is 18.5 Å². The quantitative estimate of drug-likeness (QED) is 0.736. The maximum absolute atomic E-state index is 11.8. The maximum Gasteiger partial charge on any atom is 0.214 e. The summed E-state index contributed by atoms with van der Waals surface area (Å²) in [4.78, 5) is 0. The third-order valence-corrected chi connectivity index (χ3v) is 4.32. The van der Waals surface area contributed by atoms with E-state index in [1.165, 1.54) is 0 Å². The van der Waals surface area contributed by atoms with Gasteiger partial charge in [0.25, 0.3) is 0 Å². The second-order valence-corrected chi connectivity index (χ2v) is 6.78. The fourth-order valence-corrected chi connectivity index (χ4v) is 3.18. The Balaban J connectivity index is 2.37. The molecule has 1 fully saturated rings. The van der Waals surface area contributed by atoms with E-state index in [0.29, 0.717) is 0 Å². The van der Waals surface area contributed by atoms with Crippen LogP contribution in [0.25, 0.3) is 0 Å². The number of sulfonamides is 1. The maximum atomic E-state index is 11.8. The van der Waals surface area contributed by atoms with Crippen molar-refractivity contribution < 1.29 is 13.2 Å². The van der Waals surface area contributed by atoms with Gasteiger partial charge in [-0.2, -0.15) is 0 Å². The second kappa shape index (κ2) is 6.68. The van der Waals surface area contributed by atoms with Gasteiger partial charge >= 0.3 is 0 Å². The van der Waals surface area contributed by atoms with E-state index in [0.717, 1.165) is 25.7 Å². The first kappa shape index (κ1) is 14.9. The van der Waals surface area contributed by atoms with Gasteiger partial charge in [-0.1, -0.05) is 12.8 Å². The fourth-order valence-electron chi connectivity index (χ4n) is 1.99. The summed E-state index contributed by atoms with van der Waals surface area (Å²) in [5.41, 5.74) is 5.90. The van der Waals surface area contributed by atoms with E-state index in [4.69, 9.17) is 10.5 Å². The lowest BCUT2D eigenvalue weighted by Gasteiger charge is -2.29. The lowest BCUT2D eigenvalue weighted by atomic mass is 9.92. The molecular formula is C11H24N2O3S. The van der Waals surface area contributed by atoms with Crippen molar-refractivity contribution in [2.45, 2.75) is 57.7 Å². The zero-order valence-electron chi connectivity index (χ0n) is 10.7. The minimum atomic E-state index is -3.26. The SMILES string of the molecule is CC(C)OCCS(=O)(=O)N[C@@H]1CCCC[C@H]1N. The molecule has 0 aromatic heterocycles. The summed E-state index contributed by atoms with van der Waals surface area (Å²) in [6.07, 6.45) is 3.93. The lowest BCUT2D eigenvalue weighted by Crippen LogP contribution is -2.50. The van der Waals surface area contributed by atoms with Crippen LogP contribution in [0.5, 0.6) is 0 Å². The van der Waals surface area contributed by atoms with Gasteiger partial charge < -0.3 is 10.5 Å². The highest BCUT2D eigenvalue weighted by Gasteiger charge is 2.25. The Labute approximate surface area is 104 Å². The van der Waals surface area contributed by atoms with Crippen LogP contribution in [0.1, 0.15) is 39.5 Å². The summed E-state index contributed by atoms with van der Waals surface area (Å²) in [5.74, 6) is 0.00833. The molecule has 0 amide bonds. The Morgan fingerprint density at radius 2 is 2.00 bits per heavy atom. The highest BCUT2D eigenvalue weighted by molar-refractivity contribution is 7.89. The molecule has 1 aliphatic carbocycles. The molecular weight excluding hydrogens is 240 g/mol. The monoisotopic (exact) mass is 264 g/mol. The molecule has 5 nitrogen and oxygen atoms in total. The number of hydrogen-bond acceptors (Lipinski definition) is 4. The standard InChI is InChI=1S/C11H24N2O3S/c1-9(2)16-7-8-17(14,15)13-11-6-4-3-5-10(11)12/h9-11,13H,3-8,12H2,1-2H3/t10-,11-/m1/s1. The largest absolute Gasteiger partial charge is 0.378 e. The van der Waals surface area contributed by atoms with Crippen LogP contribution in [-0.2, 0) is 14.8 Å². The molecule has 102 valence electrons. The predicted molar refractivity (Wildman–Crippen MR) is 68.2 cm³/mol. The Morgan fingerprint density at radius 1 is 1.35 bits per heavy atom. The van der Waals surface area contributed by atoms with Crippen LogP contribution >= 0.6 is 0 Å². The van der Waals surface area contributed by atoms with Gasteiger partial charge in [0, 0.05) is 12.1 Å². The van der Waals surface area contributed by atoms with Crippen molar-refractivity contribution in [3.63, 3.8) is 0 Å². The van der Waals surface area contributed by atoms with E-state index in [2.05, 4.69) is 4.72 Å². The zero-order valence-corrected chi connectivity index (χ0v) is 11.5. The molecule has 6 heteroatoms. The fraction of sp³-hybridized carbons (Fsp3) is 1.00. The van der Waals surface area contributed by atoms with Crippen LogP contribution in [0.2, 0.25) is 0 Å². The van der Waals surface area contributed by atoms with Crippen LogP contribution in [0, 0.1) is 0 Å². The molecule has 0 heterocycles. The van der Waals surface area contributed by atoms with Crippen LogP contribution in [-0.4, -0.2) is 39.0 Å². The average molecular weight is 264 g/mol. The number of nitrogens with one attached hydrogen (secondary N) is 1. The molecule has 0 saturated heterocycles. The van der Waals surface area contributed by atoms with Crippen molar-refractivity contribution in [3.8, 4) is 0 Å². The Morgan fingerprint density at radius 3 is 2.59 bits per heavy atom. The Hall–Kier alpha value is -0.170. The first-order valence-corrected chi connectivity index (χ1v) is 7.93. The molecule has 0 radical (unpaired) electrons. The molecule has 0 bridgehead atoms. The third-order valence-electron chi connectivity index (χ3n) is 2.95. The Kier molecular flexibility index (Phi) is 5.85. The third kappa shape index (κ3) is 5.81. The van der Waals surface area contributed by atoms with Gasteiger partial charge in [-0.25, -0.2) is 13.1 Å². The first-order valence-electron chi connectivity index (χ1n) is 6.28. The topological polar surface area (TPSA) is 81.4 Å². The molecule has 1 rings (SSSR count). The summed E-state index contributed by atoms with van der Waals surface area (Å²) in [7, 11) is -3.26. The second-order valence-electron chi connectivity index (χ2n) is 4.91. The van der Waals surface area contributed by atoms with E-state index in [1.54, 1.807) is 0 Å². The molecule has 2 atom stereocenters. The Bertz CT molecular complexity index is 317. The van der Waals surface area contributed by atoms with Gasteiger partial charge in [0.1, 0.15) is 0 Å². The zero-order chi connectivity index (χ0) is 12.9. The van der Waals surface area contributed by atoms with Gasteiger partial charge in [-0.3, -0.25) is 0 Å². The van der Waals surface area contributed by atoms with Gasteiger partial charge in [-0.15, -0.1) is 0 Å². The van der Waals surface area contributed by atoms with E-state index >= 15 is 0 Å². The van der Waals surface area contributed by atoms with Gasteiger partial charge in [-0.05, 0) is 26.7 Å². The molecule has 0 spiro atoms. The summed E-state index contributed by atoms with van der Waals surface area (Å²) in [6.45, 7) is 4.00. The number of hydrogen-bond donors (Lipinski definition) is 2. The summed E-state index contributed by atoms with van der Waals surface area (Å²) in [5, 5.41) is 0. The van der Waals surface area contributed by atoms with Crippen molar-refractivity contribution in [1.82, 2.24) is 4.72 Å². The van der Waals surface area contributed by atoms with E-state index < -0.39 is 10.0 Å². The molecule has 1 aliphatic rings. The number of ether oxygens (including phenoxy) is 1. The normalized spacial score (nSPS) is 26.4.